The van der Waals surface area contributed by atoms with Crippen LogP contribution in [0.1, 0.15) is 45.7 Å². The van der Waals surface area contributed by atoms with Gasteiger partial charge in [-0.15, -0.1) is 0 Å². The molecular weight excluding hydrogens is 272 g/mol. The van der Waals surface area contributed by atoms with E-state index in [0.29, 0.717) is 6.61 Å². The highest BCUT2D eigenvalue weighted by molar-refractivity contribution is 5.93. The van der Waals surface area contributed by atoms with Crippen LogP contribution in [0.5, 0.6) is 0 Å². The van der Waals surface area contributed by atoms with Crippen LogP contribution in [0.25, 0.3) is 16.3 Å². The van der Waals surface area contributed by atoms with E-state index in [9.17, 15) is 5.11 Å². The van der Waals surface area contributed by atoms with Gasteiger partial charge in [0.15, 0.2) is 0 Å². The Morgan fingerprint density at radius 1 is 1.14 bits per heavy atom. The lowest BCUT2D eigenvalue weighted by Crippen LogP contribution is -2.32. The fourth-order valence-electron chi connectivity index (χ4n) is 2.46. The Balaban J connectivity index is 2.43. The first-order valence-corrected chi connectivity index (χ1v) is 7.66. The molecule has 0 unspecified atom stereocenters. The van der Waals surface area contributed by atoms with Gasteiger partial charge in [-0.25, -0.2) is 0 Å². The number of hydrogen-bond donors (Lipinski definition) is 1. The summed E-state index contributed by atoms with van der Waals surface area (Å²) in [4.78, 5) is 0. The average Bonchev–Trinajstić information content (AvgIpc) is 2.43. The van der Waals surface area contributed by atoms with Crippen molar-refractivity contribution in [3.05, 3.63) is 54.1 Å². The van der Waals surface area contributed by atoms with E-state index in [1.807, 2.05) is 20.8 Å². The Hall–Kier alpha value is -1.64. The van der Waals surface area contributed by atoms with Crippen LogP contribution in [-0.2, 0) is 10.3 Å². The van der Waals surface area contributed by atoms with Gasteiger partial charge in [-0.3, -0.25) is 0 Å². The molecular formula is C20H26O2. The van der Waals surface area contributed by atoms with Crippen molar-refractivity contribution in [2.45, 2.75) is 45.8 Å². The topological polar surface area (TPSA) is 29.5 Å². The summed E-state index contributed by atoms with van der Waals surface area (Å²) in [7, 11) is 0. The van der Waals surface area contributed by atoms with E-state index < -0.39 is 11.2 Å². The second-order valence-electron chi connectivity index (χ2n) is 7.13. The molecule has 0 aliphatic carbocycles. The number of allylic oxidation sites excluding steroid dienone is 1. The maximum atomic E-state index is 9.88. The van der Waals surface area contributed by atoms with Crippen LogP contribution in [0.2, 0.25) is 0 Å². The molecule has 118 valence electrons. The molecule has 0 fully saturated rings. The molecule has 1 N–H and O–H groups in total. The third-order valence-electron chi connectivity index (χ3n) is 3.82. The fraction of sp³-hybridized carbons (Fsp3) is 0.400. The monoisotopic (exact) mass is 298 g/mol. The number of aliphatic hydroxyl groups is 1. The van der Waals surface area contributed by atoms with E-state index in [0.717, 1.165) is 16.7 Å². The summed E-state index contributed by atoms with van der Waals surface area (Å²) in [5.41, 5.74) is 2.02. The highest BCUT2D eigenvalue weighted by Crippen LogP contribution is 2.31. The number of rotatable bonds is 5. The number of hydrogen-bond acceptors (Lipinski definition) is 2. The van der Waals surface area contributed by atoms with Gasteiger partial charge in [-0.1, -0.05) is 42.5 Å². The van der Waals surface area contributed by atoms with Crippen molar-refractivity contribution in [3.8, 4) is 0 Å². The molecule has 0 aromatic heterocycles. The van der Waals surface area contributed by atoms with E-state index in [4.69, 9.17) is 4.74 Å². The summed E-state index contributed by atoms with van der Waals surface area (Å²) in [5, 5.41) is 12.3. The highest BCUT2D eigenvalue weighted by Gasteiger charge is 2.25. The quantitative estimate of drug-likeness (QED) is 0.851. The van der Waals surface area contributed by atoms with Crippen LogP contribution < -0.4 is 0 Å². The minimum Gasteiger partial charge on any atom is -0.388 e. The van der Waals surface area contributed by atoms with Crippen LogP contribution in [0.4, 0.5) is 0 Å². The molecule has 2 heteroatoms. The Bertz CT molecular complexity index is 690. The molecule has 0 aliphatic heterocycles. The molecule has 22 heavy (non-hydrogen) atoms. The van der Waals surface area contributed by atoms with Gasteiger partial charge in [0.2, 0.25) is 0 Å². The number of benzene rings is 2. The van der Waals surface area contributed by atoms with E-state index >= 15 is 0 Å². The maximum Gasteiger partial charge on any atom is 0.0876 e. The largest absolute Gasteiger partial charge is 0.388 e. The molecule has 0 radical (unpaired) electrons. The van der Waals surface area contributed by atoms with E-state index in [1.54, 1.807) is 13.8 Å². The SMILES string of the molecule is C=C(C)c1cccc2ccc(C(C)(C)OCC(C)(C)O)cc12. The molecule has 0 heterocycles. The van der Waals surface area contributed by atoms with Crippen LogP contribution in [-0.4, -0.2) is 17.3 Å². The molecule has 0 saturated carbocycles. The molecule has 2 aromatic rings. The van der Waals surface area contributed by atoms with Crippen molar-refractivity contribution >= 4 is 16.3 Å². The third-order valence-corrected chi connectivity index (χ3v) is 3.82. The summed E-state index contributed by atoms with van der Waals surface area (Å²) in [5.74, 6) is 0. The molecule has 0 amide bonds. The maximum absolute atomic E-state index is 9.88. The van der Waals surface area contributed by atoms with Crippen LogP contribution in [0, 0.1) is 0 Å². The zero-order chi connectivity index (χ0) is 16.5. The van der Waals surface area contributed by atoms with Gasteiger partial charge in [0, 0.05) is 0 Å². The van der Waals surface area contributed by atoms with Crippen LogP contribution >= 0.6 is 0 Å². The summed E-state index contributed by atoms with van der Waals surface area (Å²) in [6.45, 7) is 14.0. The Labute approximate surface area is 133 Å². The van der Waals surface area contributed by atoms with Crippen molar-refractivity contribution in [2.24, 2.45) is 0 Å². The first kappa shape index (κ1) is 16.7. The zero-order valence-electron chi connectivity index (χ0n) is 14.2. The van der Waals surface area contributed by atoms with Gasteiger partial charge in [-0.05, 0) is 62.6 Å². The number of fused-ring (bicyclic) bond motifs is 1. The predicted molar refractivity (Wildman–Crippen MR) is 93.9 cm³/mol. The Morgan fingerprint density at radius 2 is 1.82 bits per heavy atom. The van der Waals surface area contributed by atoms with Crippen LogP contribution in [0.15, 0.2) is 43.0 Å². The smallest absolute Gasteiger partial charge is 0.0876 e. The first-order chi connectivity index (χ1) is 10.1. The molecule has 0 aliphatic rings. The molecule has 0 bridgehead atoms. The number of ether oxygens (including phenoxy) is 1. The van der Waals surface area contributed by atoms with Crippen LogP contribution in [0.3, 0.4) is 0 Å². The minimum atomic E-state index is -0.836. The lowest BCUT2D eigenvalue weighted by molar-refractivity contribution is -0.0944. The summed E-state index contributed by atoms with van der Waals surface area (Å²) >= 11 is 0. The standard InChI is InChI=1S/C20H26O2/c1-14(2)17-9-7-8-15-10-11-16(12-18(15)17)20(5,6)22-13-19(3,4)21/h7-12,21H,1,13H2,2-6H3. The summed E-state index contributed by atoms with van der Waals surface area (Å²) < 4.78 is 5.96. The second kappa shape index (κ2) is 5.86. The van der Waals surface area contributed by atoms with Gasteiger partial charge >= 0.3 is 0 Å². The van der Waals surface area contributed by atoms with Gasteiger partial charge in [0.1, 0.15) is 0 Å². The lowest BCUT2D eigenvalue weighted by Gasteiger charge is -2.30. The van der Waals surface area contributed by atoms with Gasteiger partial charge in [-0.2, -0.15) is 0 Å². The summed E-state index contributed by atoms with van der Waals surface area (Å²) in [6.07, 6.45) is 0. The molecule has 2 nitrogen and oxygen atoms in total. The van der Waals surface area contributed by atoms with Crippen molar-refractivity contribution in [2.75, 3.05) is 6.61 Å². The van der Waals surface area contributed by atoms with Crippen molar-refractivity contribution in [3.63, 3.8) is 0 Å². The van der Waals surface area contributed by atoms with Gasteiger partial charge in [0.25, 0.3) is 0 Å². The second-order valence-corrected chi connectivity index (χ2v) is 7.13. The third kappa shape index (κ3) is 3.76. The molecule has 0 saturated heterocycles. The Morgan fingerprint density at radius 3 is 2.41 bits per heavy atom. The molecule has 2 aromatic carbocycles. The summed E-state index contributed by atoms with van der Waals surface area (Å²) in [6, 6.07) is 12.6. The average molecular weight is 298 g/mol. The molecule has 0 spiro atoms. The van der Waals surface area contributed by atoms with E-state index in [-0.39, 0.29) is 0 Å². The zero-order valence-corrected chi connectivity index (χ0v) is 14.2. The molecule has 2 rings (SSSR count). The predicted octanol–water partition coefficient (Wildman–Crippen LogP) is 4.90. The highest BCUT2D eigenvalue weighted by atomic mass is 16.5. The molecule has 0 atom stereocenters. The van der Waals surface area contributed by atoms with Gasteiger partial charge < -0.3 is 9.84 Å². The van der Waals surface area contributed by atoms with Crippen molar-refractivity contribution in [1.29, 1.82) is 0 Å². The lowest BCUT2D eigenvalue weighted by atomic mass is 9.92. The Kier molecular flexibility index (Phi) is 4.46. The minimum absolute atomic E-state index is 0.292. The normalized spacial score (nSPS) is 12.6. The van der Waals surface area contributed by atoms with Gasteiger partial charge in [0.05, 0.1) is 17.8 Å². The van der Waals surface area contributed by atoms with E-state index in [1.165, 1.54) is 10.8 Å². The van der Waals surface area contributed by atoms with Crippen molar-refractivity contribution in [1.82, 2.24) is 0 Å². The van der Waals surface area contributed by atoms with Crippen molar-refractivity contribution < 1.29 is 9.84 Å². The fourth-order valence-corrected chi connectivity index (χ4v) is 2.46. The van der Waals surface area contributed by atoms with E-state index in [2.05, 4.69) is 43.0 Å². The first-order valence-electron chi connectivity index (χ1n) is 7.66.